The van der Waals surface area contributed by atoms with Gasteiger partial charge in [0.1, 0.15) is 18.3 Å². The van der Waals surface area contributed by atoms with Crippen LogP contribution in [-0.2, 0) is 39.0 Å². The molecule has 1 atom stereocenters. The Balaban J connectivity index is 1.83. The molecular formula is C37H43N3O5S. The zero-order valence-electron chi connectivity index (χ0n) is 26.9. The smallest absolute Gasteiger partial charge is 0.264 e. The Bertz CT molecular complexity index is 1690. The molecule has 242 valence electrons. The van der Waals surface area contributed by atoms with Crippen molar-refractivity contribution in [3.8, 4) is 5.75 Å². The normalized spacial score (nSPS) is 11.9. The number of aryl methyl sites for hydroxylation is 1. The van der Waals surface area contributed by atoms with Crippen molar-refractivity contribution in [2.75, 3.05) is 24.5 Å². The van der Waals surface area contributed by atoms with E-state index in [0.29, 0.717) is 24.4 Å². The van der Waals surface area contributed by atoms with Crippen LogP contribution in [0.3, 0.4) is 0 Å². The summed E-state index contributed by atoms with van der Waals surface area (Å²) in [7, 11) is -2.59. The average molecular weight is 642 g/mol. The van der Waals surface area contributed by atoms with Gasteiger partial charge >= 0.3 is 0 Å². The fourth-order valence-corrected chi connectivity index (χ4v) is 6.70. The fourth-order valence-electron chi connectivity index (χ4n) is 5.23. The van der Waals surface area contributed by atoms with Crippen LogP contribution < -0.4 is 14.4 Å². The molecule has 0 fully saturated rings. The molecule has 8 nitrogen and oxygen atoms in total. The number of nitrogens with one attached hydrogen (secondary N) is 1. The third kappa shape index (κ3) is 8.75. The molecule has 0 spiro atoms. The van der Waals surface area contributed by atoms with Crippen LogP contribution in [0.4, 0.5) is 5.69 Å². The minimum absolute atomic E-state index is 0.0667. The summed E-state index contributed by atoms with van der Waals surface area (Å²) >= 11 is 0. The van der Waals surface area contributed by atoms with Crippen molar-refractivity contribution in [2.24, 2.45) is 5.92 Å². The highest BCUT2D eigenvalue weighted by molar-refractivity contribution is 7.92. The van der Waals surface area contributed by atoms with Crippen molar-refractivity contribution in [2.45, 2.75) is 51.1 Å². The van der Waals surface area contributed by atoms with Gasteiger partial charge in [-0.1, -0.05) is 99.6 Å². The summed E-state index contributed by atoms with van der Waals surface area (Å²) in [4.78, 5) is 30.1. The first-order valence-electron chi connectivity index (χ1n) is 15.5. The molecule has 46 heavy (non-hydrogen) atoms. The van der Waals surface area contributed by atoms with E-state index in [4.69, 9.17) is 4.74 Å². The number of carbonyl (C=O) groups is 2. The first-order chi connectivity index (χ1) is 22.1. The number of hydrogen-bond donors (Lipinski definition) is 1. The number of benzene rings is 4. The Morgan fingerprint density at radius 1 is 0.826 bits per heavy atom. The Kier molecular flexibility index (Phi) is 12.0. The van der Waals surface area contributed by atoms with E-state index in [1.54, 1.807) is 37.4 Å². The molecule has 0 bridgehead atoms. The van der Waals surface area contributed by atoms with Gasteiger partial charge in [0, 0.05) is 19.5 Å². The van der Waals surface area contributed by atoms with Crippen molar-refractivity contribution < 1.29 is 22.7 Å². The number of nitrogens with zero attached hydrogens (tertiary/aromatic N) is 2. The van der Waals surface area contributed by atoms with E-state index in [0.717, 1.165) is 16.7 Å². The number of ether oxygens (including phenoxy) is 1. The van der Waals surface area contributed by atoms with Crippen molar-refractivity contribution in [3.05, 3.63) is 126 Å². The van der Waals surface area contributed by atoms with Crippen molar-refractivity contribution >= 4 is 27.5 Å². The molecule has 0 saturated heterocycles. The molecule has 4 rings (SSSR count). The average Bonchev–Trinajstić information content (AvgIpc) is 3.08. The highest BCUT2D eigenvalue weighted by atomic mass is 32.2. The molecule has 9 heteroatoms. The Morgan fingerprint density at radius 2 is 1.46 bits per heavy atom. The minimum Gasteiger partial charge on any atom is -0.497 e. The molecule has 2 amide bonds. The van der Waals surface area contributed by atoms with E-state index >= 15 is 0 Å². The van der Waals surface area contributed by atoms with E-state index in [2.05, 4.69) is 5.32 Å². The summed E-state index contributed by atoms with van der Waals surface area (Å²) in [6.07, 6.45) is 0.810. The zero-order valence-corrected chi connectivity index (χ0v) is 27.7. The molecule has 0 saturated carbocycles. The SMILES string of the molecule is CCc1ccccc1N(CC(=O)N(Cc1cccc(OC)c1)[C@@H](Cc1ccccc1)C(=O)NCC(C)C)S(=O)(=O)c1ccccc1. The van der Waals surface area contributed by atoms with Gasteiger partial charge in [0.05, 0.1) is 17.7 Å². The summed E-state index contributed by atoms with van der Waals surface area (Å²) in [5.41, 5.74) is 2.83. The highest BCUT2D eigenvalue weighted by Crippen LogP contribution is 2.28. The summed E-state index contributed by atoms with van der Waals surface area (Å²) in [6.45, 7) is 5.95. The van der Waals surface area contributed by atoms with Crippen LogP contribution in [0.25, 0.3) is 0 Å². The van der Waals surface area contributed by atoms with Crippen molar-refractivity contribution in [3.63, 3.8) is 0 Å². The molecule has 4 aromatic rings. The van der Waals surface area contributed by atoms with Gasteiger partial charge in [-0.2, -0.15) is 0 Å². The number of hydrogen-bond acceptors (Lipinski definition) is 5. The second-order valence-corrected chi connectivity index (χ2v) is 13.4. The molecule has 0 aromatic heterocycles. The van der Waals surface area contributed by atoms with Crippen LogP contribution in [0, 0.1) is 5.92 Å². The van der Waals surface area contributed by atoms with E-state index in [1.807, 2.05) is 87.5 Å². The first kappa shape index (κ1) is 34.2. The largest absolute Gasteiger partial charge is 0.497 e. The molecule has 0 radical (unpaired) electrons. The molecular weight excluding hydrogens is 598 g/mol. The molecule has 0 aliphatic carbocycles. The second kappa shape index (κ2) is 16.1. The van der Waals surface area contributed by atoms with Crippen LogP contribution >= 0.6 is 0 Å². The lowest BCUT2D eigenvalue weighted by atomic mass is 10.0. The van der Waals surface area contributed by atoms with E-state index in [-0.39, 0.29) is 29.7 Å². The van der Waals surface area contributed by atoms with Gasteiger partial charge in [-0.15, -0.1) is 0 Å². The molecule has 0 aliphatic rings. The maximum Gasteiger partial charge on any atom is 0.264 e. The van der Waals surface area contributed by atoms with Gasteiger partial charge < -0.3 is 15.0 Å². The van der Waals surface area contributed by atoms with E-state index in [1.165, 1.54) is 21.3 Å². The molecule has 0 unspecified atom stereocenters. The zero-order chi connectivity index (χ0) is 33.1. The van der Waals surface area contributed by atoms with Crippen LogP contribution in [-0.4, -0.2) is 51.4 Å². The highest BCUT2D eigenvalue weighted by Gasteiger charge is 2.35. The molecule has 0 aliphatic heterocycles. The lowest BCUT2D eigenvalue weighted by Gasteiger charge is -2.34. The lowest BCUT2D eigenvalue weighted by molar-refractivity contribution is -0.140. The predicted molar refractivity (Wildman–Crippen MR) is 182 cm³/mol. The maximum atomic E-state index is 14.6. The Morgan fingerprint density at radius 3 is 2.11 bits per heavy atom. The van der Waals surface area contributed by atoms with E-state index in [9.17, 15) is 18.0 Å². The summed E-state index contributed by atoms with van der Waals surface area (Å²) in [5.74, 6) is -0.00563. The van der Waals surface area contributed by atoms with Gasteiger partial charge in [0.25, 0.3) is 10.0 Å². The van der Waals surface area contributed by atoms with Gasteiger partial charge in [0.2, 0.25) is 11.8 Å². The monoisotopic (exact) mass is 641 g/mol. The van der Waals surface area contributed by atoms with Crippen LogP contribution in [0.5, 0.6) is 5.75 Å². The maximum absolute atomic E-state index is 14.6. The van der Waals surface area contributed by atoms with Crippen LogP contribution in [0.15, 0.2) is 114 Å². The van der Waals surface area contributed by atoms with Gasteiger partial charge in [-0.25, -0.2) is 8.42 Å². The number of carbonyl (C=O) groups excluding carboxylic acids is 2. The number of amides is 2. The van der Waals surface area contributed by atoms with Gasteiger partial charge in [-0.05, 0) is 59.4 Å². The quantitative estimate of drug-likeness (QED) is 0.175. The van der Waals surface area contributed by atoms with Crippen LogP contribution in [0.2, 0.25) is 0 Å². The topological polar surface area (TPSA) is 96.0 Å². The number of sulfonamides is 1. The standard InChI is InChI=1S/C37H43N3O5S/c1-5-31-18-12-13-22-34(31)40(46(43,44)33-20-10-7-11-21-33)27-36(41)39(26-30-17-14-19-32(23-30)45-4)35(37(42)38-25-28(2)3)24-29-15-8-6-9-16-29/h6-23,28,35H,5,24-27H2,1-4H3,(H,38,42)/t35-/m0/s1. The van der Waals surface area contributed by atoms with Crippen molar-refractivity contribution in [1.29, 1.82) is 0 Å². The summed E-state index contributed by atoms with van der Waals surface area (Å²) in [6, 6.07) is 31.2. The Labute approximate surface area is 273 Å². The molecule has 4 aromatic carbocycles. The first-order valence-corrected chi connectivity index (χ1v) is 17.0. The van der Waals surface area contributed by atoms with Gasteiger partial charge in [-0.3, -0.25) is 13.9 Å². The lowest BCUT2D eigenvalue weighted by Crippen LogP contribution is -2.53. The second-order valence-electron chi connectivity index (χ2n) is 11.5. The van der Waals surface area contributed by atoms with Crippen molar-refractivity contribution in [1.82, 2.24) is 10.2 Å². The number of para-hydroxylation sites is 1. The third-order valence-corrected chi connectivity index (χ3v) is 9.47. The van der Waals surface area contributed by atoms with Gasteiger partial charge in [0.15, 0.2) is 0 Å². The molecule has 0 heterocycles. The summed E-state index contributed by atoms with van der Waals surface area (Å²) < 4.78 is 35.1. The summed E-state index contributed by atoms with van der Waals surface area (Å²) in [5, 5.41) is 3.02. The number of rotatable bonds is 15. The molecule has 1 N–H and O–H groups in total. The van der Waals surface area contributed by atoms with Crippen LogP contribution in [0.1, 0.15) is 37.5 Å². The number of methoxy groups -OCH3 is 1. The number of anilines is 1. The predicted octanol–water partition coefficient (Wildman–Crippen LogP) is 5.87. The fraction of sp³-hybridized carbons (Fsp3) is 0.297. The minimum atomic E-state index is -4.16. The van der Waals surface area contributed by atoms with E-state index < -0.39 is 28.5 Å². The Hall–Kier alpha value is -4.63. The third-order valence-electron chi connectivity index (χ3n) is 7.69.